The minimum atomic E-state index is -0.240. The van der Waals surface area contributed by atoms with Gasteiger partial charge in [-0.05, 0) is 17.7 Å². The highest BCUT2D eigenvalue weighted by atomic mass is 16.5. The van der Waals surface area contributed by atoms with Gasteiger partial charge in [-0.25, -0.2) is 0 Å². The summed E-state index contributed by atoms with van der Waals surface area (Å²) in [5.41, 5.74) is 1.50. The average Bonchev–Trinajstić information content (AvgIpc) is 2.60. The van der Waals surface area contributed by atoms with Gasteiger partial charge in [0.1, 0.15) is 6.10 Å². The third-order valence-corrected chi connectivity index (χ3v) is 3.81. The van der Waals surface area contributed by atoms with Crippen LogP contribution in [0.4, 0.5) is 0 Å². The average molecular weight is 318 g/mol. The third-order valence-electron chi connectivity index (χ3n) is 3.81. The topological polar surface area (TPSA) is 64.0 Å². The first kappa shape index (κ1) is 17.1. The van der Waals surface area contributed by atoms with E-state index in [0.29, 0.717) is 42.5 Å². The van der Waals surface area contributed by atoms with Gasteiger partial charge in [0.25, 0.3) is 0 Å². The Hall–Kier alpha value is -2.23. The van der Waals surface area contributed by atoms with Gasteiger partial charge < -0.3 is 18.9 Å². The van der Waals surface area contributed by atoms with E-state index in [1.807, 2.05) is 12.1 Å². The first-order chi connectivity index (χ1) is 11.1. The van der Waals surface area contributed by atoms with Crippen molar-refractivity contribution in [3.05, 3.63) is 29.8 Å². The SMILES string of the molecule is C=C(C#N)C1CN(Cc2cc(OC)c(OC)c(OC)c2)CCO1. The fourth-order valence-electron chi connectivity index (χ4n) is 2.61. The molecule has 1 aromatic carbocycles. The van der Waals surface area contributed by atoms with Crippen LogP contribution in [0.2, 0.25) is 0 Å². The number of rotatable bonds is 6. The van der Waals surface area contributed by atoms with Gasteiger partial charge in [-0.1, -0.05) is 6.58 Å². The van der Waals surface area contributed by atoms with Crippen molar-refractivity contribution in [3.63, 3.8) is 0 Å². The van der Waals surface area contributed by atoms with Crippen LogP contribution >= 0.6 is 0 Å². The summed E-state index contributed by atoms with van der Waals surface area (Å²) in [5, 5.41) is 8.96. The highest BCUT2D eigenvalue weighted by molar-refractivity contribution is 5.53. The van der Waals surface area contributed by atoms with Crippen LogP contribution in [0, 0.1) is 11.3 Å². The van der Waals surface area contributed by atoms with E-state index in [1.54, 1.807) is 21.3 Å². The van der Waals surface area contributed by atoms with Gasteiger partial charge in [-0.3, -0.25) is 4.90 Å². The van der Waals surface area contributed by atoms with Crippen LogP contribution in [0.3, 0.4) is 0 Å². The van der Waals surface area contributed by atoms with E-state index in [1.165, 1.54) is 0 Å². The number of hydrogen-bond acceptors (Lipinski definition) is 6. The van der Waals surface area contributed by atoms with Gasteiger partial charge in [0, 0.05) is 19.6 Å². The number of benzene rings is 1. The molecule has 1 saturated heterocycles. The number of hydrogen-bond donors (Lipinski definition) is 0. The van der Waals surface area contributed by atoms with E-state index >= 15 is 0 Å². The molecule has 0 amide bonds. The lowest BCUT2D eigenvalue weighted by molar-refractivity contribution is -0.0100. The highest BCUT2D eigenvalue weighted by Crippen LogP contribution is 2.38. The van der Waals surface area contributed by atoms with E-state index in [0.717, 1.165) is 12.1 Å². The quantitative estimate of drug-likeness (QED) is 0.748. The molecule has 0 aliphatic carbocycles. The maximum Gasteiger partial charge on any atom is 0.203 e. The van der Waals surface area contributed by atoms with Crippen molar-refractivity contribution in [2.24, 2.45) is 0 Å². The molecule has 1 heterocycles. The summed E-state index contributed by atoms with van der Waals surface area (Å²) in [6, 6.07) is 5.94. The molecule has 6 nitrogen and oxygen atoms in total. The number of nitrogens with zero attached hydrogens (tertiary/aromatic N) is 2. The Morgan fingerprint density at radius 2 is 1.96 bits per heavy atom. The Bertz CT molecular complexity index is 584. The van der Waals surface area contributed by atoms with Crippen LogP contribution in [0.5, 0.6) is 17.2 Å². The van der Waals surface area contributed by atoms with Gasteiger partial charge in [0.15, 0.2) is 11.5 Å². The number of nitriles is 1. The van der Waals surface area contributed by atoms with Crippen LogP contribution in [0.1, 0.15) is 5.56 Å². The van der Waals surface area contributed by atoms with Crippen LogP contribution in [-0.4, -0.2) is 52.0 Å². The second kappa shape index (κ2) is 7.86. The lowest BCUT2D eigenvalue weighted by Gasteiger charge is -2.32. The molecule has 1 atom stereocenters. The van der Waals surface area contributed by atoms with Crippen molar-refractivity contribution in [2.45, 2.75) is 12.6 Å². The zero-order valence-electron chi connectivity index (χ0n) is 13.8. The second-order valence-electron chi connectivity index (χ2n) is 5.27. The van der Waals surface area contributed by atoms with Crippen molar-refractivity contribution >= 4 is 0 Å². The molecule has 1 aliphatic rings. The van der Waals surface area contributed by atoms with E-state index < -0.39 is 0 Å². The van der Waals surface area contributed by atoms with E-state index in [4.69, 9.17) is 24.2 Å². The maximum atomic E-state index is 8.96. The summed E-state index contributed by atoms with van der Waals surface area (Å²) >= 11 is 0. The Morgan fingerprint density at radius 3 is 2.48 bits per heavy atom. The molecule has 0 saturated carbocycles. The molecule has 124 valence electrons. The summed E-state index contributed by atoms with van der Waals surface area (Å²) in [7, 11) is 4.78. The fourth-order valence-corrected chi connectivity index (χ4v) is 2.61. The summed E-state index contributed by atoms with van der Waals surface area (Å²) in [6.45, 7) is 6.47. The van der Waals surface area contributed by atoms with Crippen LogP contribution < -0.4 is 14.2 Å². The Kier molecular flexibility index (Phi) is 5.85. The summed E-state index contributed by atoms with van der Waals surface area (Å²) in [4.78, 5) is 2.22. The second-order valence-corrected chi connectivity index (χ2v) is 5.27. The molecule has 6 heteroatoms. The Morgan fingerprint density at radius 1 is 1.30 bits per heavy atom. The zero-order chi connectivity index (χ0) is 16.8. The standard InChI is InChI=1S/C17H22N2O4/c1-12(9-18)16-11-19(5-6-23-16)10-13-7-14(20-2)17(22-4)15(8-13)21-3/h7-8,16H,1,5-6,10-11H2,2-4H3. The van der Waals surface area contributed by atoms with E-state index in [-0.39, 0.29) is 6.10 Å². The van der Waals surface area contributed by atoms with Gasteiger partial charge in [0.2, 0.25) is 5.75 Å². The van der Waals surface area contributed by atoms with Gasteiger partial charge in [-0.2, -0.15) is 5.26 Å². The smallest absolute Gasteiger partial charge is 0.203 e. The maximum absolute atomic E-state index is 8.96. The largest absolute Gasteiger partial charge is 0.493 e. The normalized spacial score (nSPS) is 18.1. The molecular formula is C17H22N2O4. The molecule has 1 unspecified atom stereocenters. The predicted molar refractivity (Wildman–Crippen MR) is 85.9 cm³/mol. The molecular weight excluding hydrogens is 296 g/mol. The van der Waals surface area contributed by atoms with Gasteiger partial charge >= 0.3 is 0 Å². The number of morpholine rings is 1. The molecule has 1 aromatic rings. The Balaban J connectivity index is 2.16. The van der Waals surface area contributed by atoms with Crippen LogP contribution in [0.25, 0.3) is 0 Å². The monoisotopic (exact) mass is 318 g/mol. The minimum Gasteiger partial charge on any atom is -0.493 e. The van der Waals surface area contributed by atoms with E-state index in [2.05, 4.69) is 17.5 Å². The first-order valence-corrected chi connectivity index (χ1v) is 7.34. The van der Waals surface area contributed by atoms with E-state index in [9.17, 15) is 0 Å². The lowest BCUT2D eigenvalue weighted by atomic mass is 10.1. The molecule has 0 aromatic heterocycles. The molecule has 0 radical (unpaired) electrons. The number of ether oxygens (including phenoxy) is 4. The van der Waals surface area contributed by atoms with Crippen molar-refractivity contribution < 1.29 is 18.9 Å². The minimum absolute atomic E-state index is 0.240. The Labute approximate surface area is 136 Å². The molecule has 1 fully saturated rings. The number of methoxy groups -OCH3 is 3. The molecule has 0 bridgehead atoms. The molecule has 0 spiro atoms. The lowest BCUT2D eigenvalue weighted by Crippen LogP contribution is -2.42. The molecule has 0 N–H and O–H groups in total. The molecule has 2 rings (SSSR count). The van der Waals surface area contributed by atoms with Crippen molar-refractivity contribution in [3.8, 4) is 23.3 Å². The molecule has 1 aliphatic heterocycles. The predicted octanol–water partition coefficient (Wildman–Crippen LogP) is 1.99. The highest BCUT2D eigenvalue weighted by Gasteiger charge is 2.23. The summed E-state index contributed by atoms with van der Waals surface area (Å²) < 4.78 is 21.7. The fraction of sp³-hybridized carbons (Fsp3) is 0.471. The van der Waals surface area contributed by atoms with Gasteiger partial charge in [-0.15, -0.1) is 0 Å². The van der Waals surface area contributed by atoms with Crippen LogP contribution in [-0.2, 0) is 11.3 Å². The zero-order valence-corrected chi connectivity index (χ0v) is 13.8. The molecule has 23 heavy (non-hydrogen) atoms. The van der Waals surface area contributed by atoms with Crippen molar-refractivity contribution in [2.75, 3.05) is 41.0 Å². The summed E-state index contributed by atoms with van der Waals surface area (Å²) in [5.74, 6) is 1.85. The van der Waals surface area contributed by atoms with Gasteiger partial charge in [0.05, 0.1) is 39.6 Å². The van der Waals surface area contributed by atoms with Crippen molar-refractivity contribution in [1.29, 1.82) is 5.26 Å². The third kappa shape index (κ3) is 3.95. The van der Waals surface area contributed by atoms with Crippen LogP contribution in [0.15, 0.2) is 24.3 Å². The summed E-state index contributed by atoms with van der Waals surface area (Å²) in [6.07, 6.45) is -0.240. The first-order valence-electron chi connectivity index (χ1n) is 7.34. The van der Waals surface area contributed by atoms with Crippen molar-refractivity contribution in [1.82, 2.24) is 4.90 Å².